The van der Waals surface area contributed by atoms with E-state index in [9.17, 15) is 14.4 Å². The monoisotopic (exact) mass is 333 g/mol. The first-order chi connectivity index (χ1) is 11.4. The van der Waals surface area contributed by atoms with Crippen molar-refractivity contribution in [1.29, 1.82) is 0 Å². The van der Waals surface area contributed by atoms with Gasteiger partial charge in [-0.05, 0) is 17.7 Å². The molecule has 8 heteroatoms. The van der Waals surface area contributed by atoms with Gasteiger partial charge >= 0.3 is 5.97 Å². The van der Waals surface area contributed by atoms with Crippen LogP contribution in [0.5, 0.6) is 5.75 Å². The van der Waals surface area contributed by atoms with Crippen LogP contribution >= 0.6 is 0 Å². The molecule has 1 aromatic carbocycles. The van der Waals surface area contributed by atoms with Gasteiger partial charge in [-0.3, -0.25) is 9.59 Å². The minimum atomic E-state index is -1.04. The summed E-state index contributed by atoms with van der Waals surface area (Å²) in [4.78, 5) is 35.7. The van der Waals surface area contributed by atoms with E-state index in [1.54, 1.807) is 31.3 Å². The van der Waals surface area contributed by atoms with Gasteiger partial charge in [0, 0.05) is 33.5 Å². The van der Waals surface area contributed by atoms with Crippen LogP contribution in [0.15, 0.2) is 29.4 Å². The Labute approximate surface area is 139 Å². The van der Waals surface area contributed by atoms with Gasteiger partial charge in [-0.25, -0.2) is 9.80 Å². The average molecular weight is 333 g/mol. The molecule has 0 spiro atoms. The Morgan fingerprint density at radius 3 is 2.54 bits per heavy atom. The standard InChI is InChI=1S/C16H19N3O5/c1-18(16(23)13-7-8-14(20)19(2)17-13)9-11-3-5-12(6-4-11)24-10-15(21)22/h3-6H,7-10H2,1-2H3,(H,21,22). The van der Waals surface area contributed by atoms with Gasteiger partial charge in [0.25, 0.3) is 5.91 Å². The van der Waals surface area contributed by atoms with E-state index in [-0.39, 0.29) is 18.2 Å². The van der Waals surface area contributed by atoms with Crippen LogP contribution in [0.3, 0.4) is 0 Å². The molecule has 1 aliphatic heterocycles. The number of amides is 2. The van der Waals surface area contributed by atoms with Crippen molar-refractivity contribution in [3.05, 3.63) is 29.8 Å². The molecule has 1 heterocycles. The van der Waals surface area contributed by atoms with Crippen LogP contribution in [0, 0.1) is 0 Å². The Morgan fingerprint density at radius 2 is 1.96 bits per heavy atom. The topological polar surface area (TPSA) is 99.5 Å². The molecule has 0 saturated heterocycles. The van der Waals surface area contributed by atoms with Gasteiger partial charge in [0.05, 0.1) is 0 Å². The average Bonchev–Trinajstić information content (AvgIpc) is 2.56. The molecule has 24 heavy (non-hydrogen) atoms. The molecule has 128 valence electrons. The van der Waals surface area contributed by atoms with E-state index >= 15 is 0 Å². The molecule has 0 aromatic heterocycles. The molecule has 0 aliphatic carbocycles. The van der Waals surface area contributed by atoms with Crippen molar-refractivity contribution in [2.24, 2.45) is 5.10 Å². The molecular weight excluding hydrogens is 314 g/mol. The van der Waals surface area contributed by atoms with Gasteiger partial charge in [-0.2, -0.15) is 5.10 Å². The van der Waals surface area contributed by atoms with Crippen LogP contribution in [0.1, 0.15) is 18.4 Å². The van der Waals surface area contributed by atoms with Crippen LogP contribution < -0.4 is 4.74 Å². The third-order valence-electron chi connectivity index (χ3n) is 3.51. The number of nitrogens with zero attached hydrogens (tertiary/aromatic N) is 3. The number of ether oxygens (including phenoxy) is 1. The second-order valence-corrected chi connectivity index (χ2v) is 5.45. The van der Waals surface area contributed by atoms with E-state index in [0.29, 0.717) is 24.4 Å². The zero-order chi connectivity index (χ0) is 17.7. The van der Waals surface area contributed by atoms with Crippen molar-refractivity contribution < 1.29 is 24.2 Å². The molecule has 0 atom stereocenters. The molecule has 8 nitrogen and oxygen atoms in total. The van der Waals surface area contributed by atoms with E-state index in [1.165, 1.54) is 17.0 Å². The summed E-state index contributed by atoms with van der Waals surface area (Å²) in [5.74, 6) is -0.917. The summed E-state index contributed by atoms with van der Waals surface area (Å²) in [6.45, 7) is -0.0292. The van der Waals surface area contributed by atoms with E-state index < -0.39 is 12.6 Å². The minimum Gasteiger partial charge on any atom is -0.482 e. The summed E-state index contributed by atoms with van der Waals surface area (Å²) in [5.41, 5.74) is 1.23. The van der Waals surface area contributed by atoms with Crippen molar-refractivity contribution in [2.45, 2.75) is 19.4 Å². The predicted octanol–water partition coefficient (Wildman–Crippen LogP) is 0.717. The maximum Gasteiger partial charge on any atom is 0.341 e. The number of benzene rings is 1. The zero-order valence-corrected chi connectivity index (χ0v) is 13.6. The summed E-state index contributed by atoms with van der Waals surface area (Å²) in [5, 5.41) is 13.8. The van der Waals surface area contributed by atoms with Gasteiger partial charge in [-0.1, -0.05) is 12.1 Å². The number of rotatable bonds is 6. The van der Waals surface area contributed by atoms with Crippen molar-refractivity contribution in [1.82, 2.24) is 9.91 Å². The summed E-state index contributed by atoms with van der Waals surface area (Å²) in [6.07, 6.45) is 0.624. The molecule has 0 unspecified atom stereocenters. The van der Waals surface area contributed by atoms with Crippen LogP contribution in [0.25, 0.3) is 0 Å². The number of hydrogen-bond donors (Lipinski definition) is 1. The van der Waals surface area contributed by atoms with E-state index in [0.717, 1.165) is 5.56 Å². The summed E-state index contributed by atoms with van der Waals surface area (Å²) < 4.78 is 5.06. The first-order valence-electron chi connectivity index (χ1n) is 7.40. The van der Waals surface area contributed by atoms with E-state index in [2.05, 4.69) is 5.10 Å². The summed E-state index contributed by atoms with van der Waals surface area (Å²) >= 11 is 0. The Bertz CT molecular complexity index is 669. The molecule has 1 N–H and O–H groups in total. The quantitative estimate of drug-likeness (QED) is 0.827. The highest BCUT2D eigenvalue weighted by Gasteiger charge is 2.24. The summed E-state index contributed by atoms with van der Waals surface area (Å²) in [6, 6.07) is 6.83. The summed E-state index contributed by atoms with van der Waals surface area (Å²) in [7, 11) is 3.20. The van der Waals surface area contributed by atoms with Gasteiger partial charge in [0.2, 0.25) is 5.91 Å². The number of aliphatic carboxylic acids is 1. The van der Waals surface area contributed by atoms with Crippen molar-refractivity contribution in [3.63, 3.8) is 0 Å². The molecule has 1 aromatic rings. The highest BCUT2D eigenvalue weighted by atomic mass is 16.5. The maximum absolute atomic E-state index is 12.4. The molecule has 0 bridgehead atoms. The number of hydrazone groups is 1. The third kappa shape index (κ3) is 4.55. The number of hydrogen-bond acceptors (Lipinski definition) is 5. The van der Waals surface area contributed by atoms with Crippen molar-refractivity contribution in [2.75, 3.05) is 20.7 Å². The maximum atomic E-state index is 12.4. The highest BCUT2D eigenvalue weighted by Crippen LogP contribution is 2.14. The van der Waals surface area contributed by atoms with Crippen molar-refractivity contribution >= 4 is 23.5 Å². The van der Waals surface area contributed by atoms with Gasteiger partial charge in [-0.15, -0.1) is 0 Å². The fourth-order valence-electron chi connectivity index (χ4n) is 2.23. The number of carboxylic acid groups (broad SMARTS) is 1. The largest absolute Gasteiger partial charge is 0.482 e. The molecule has 0 saturated carbocycles. The Morgan fingerprint density at radius 1 is 1.29 bits per heavy atom. The molecule has 2 amide bonds. The third-order valence-corrected chi connectivity index (χ3v) is 3.51. The number of carboxylic acids is 1. The fourth-order valence-corrected chi connectivity index (χ4v) is 2.23. The van der Waals surface area contributed by atoms with Crippen LogP contribution in [-0.4, -0.2) is 59.2 Å². The smallest absolute Gasteiger partial charge is 0.341 e. The highest BCUT2D eigenvalue weighted by molar-refractivity contribution is 6.39. The lowest BCUT2D eigenvalue weighted by atomic mass is 10.1. The van der Waals surface area contributed by atoms with Gasteiger partial charge in [0.15, 0.2) is 6.61 Å². The second-order valence-electron chi connectivity index (χ2n) is 5.45. The predicted molar refractivity (Wildman–Crippen MR) is 85.5 cm³/mol. The fraction of sp³-hybridized carbons (Fsp3) is 0.375. The van der Waals surface area contributed by atoms with E-state index in [4.69, 9.17) is 9.84 Å². The van der Waals surface area contributed by atoms with Crippen LogP contribution in [0.2, 0.25) is 0 Å². The molecule has 1 aliphatic rings. The lowest BCUT2D eigenvalue weighted by Gasteiger charge is -2.23. The molecule has 2 rings (SSSR count). The SMILES string of the molecule is CN(Cc1ccc(OCC(=O)O)cc1)C(=O)C1=NN(C)C(=O)CC1. The van der Waals surface area contributed by atoms with E-state index in [1.807, 2.05) is 0 Å². The Hall–Kier alpha value is -2.90. The van der Waals surface area contributed by atoms with Crippen LogP contribution in [0.4, 0.5) is 0 Å². The van der Waals surface area contributed by atoms with Crippen LogP contribution in [-0.2, 0) is 20.9 Å². The first kappa shape index (κ1) is 17.5. The zero-order valence-electron chi connectivity index (χ0n) is 13.6. The van der Waals surface area contributed by atoms with Gasteiger partial charge in [0.1, 0.15) is 11.5 Å². The first-order valence-corrected chi connectivity index (χ1v) is 7.40. The van der Waals surface area contributed by atoms with Crippen molar-refractivity contribution in [3.8, 4) is 5.75 Å². The lowest BCUT2D eigenvalue weighted by molar-refractivity contribution is -0.139. The molecular formula is C16H19N3O5. The number of carbonyl (C=O) groups excluding carboxylic acids is 2. The Kier molecular flexibility index (Phi) is 5.51. The molecule has 0 radical (unpaired) electrons. The minimum absolute atomic E-state index is 0.105. The lowest BCUT2D eigenvalue weighted by Crippen LogP contribution is -2.38. The normalized spacial score (nSPS) is 14.2. The van der Waals surface area contributed by atoms with Gasteiger partial charge < -0.3 is 14.7 Å². The molecule has 0 fully saturated rings. The second kappa shape index (κ2) is 7.58. The Balaban J connectivity index is 1.95. The number of carbonyl (C=O) groups is 3.